The van der Waals surface area contributed by atoms with Crippen molar-refractivity contribution in [3.05, 3.63) is 13.8 Å². The maximum Gasteiger partial charge on any atom is 2.00 e. The van der Waals surface area contributed by atoms with Gasteiger partial charge in [-0.15, -0.1) is 0 Å². The summed E-state index contributed by atoms with van der Waals surface area (Å²) in [6.07, 6.45) is 18.2. The molecule has 0 saturated heterocycles. The molecule has 152 valence electrons. The second-order valence-electron chi connectivity index (χ2n) is 6.21. The van der Waals surface area contributed by atoms with Gasteiger partial charge in [0.1, 0.15) is 6.42 Å². The van der Waals surface area contributed by atoms with Crippen molar-refractivity contribution in [3.8, 4) is 0 Å². The summed E-state index contributed by atoms with van der Waals surface area (Å²) in [5, 5.41) is 15.4. The zero-order chi connectivity index (χ0) is 19.8. The van der Waals surface area contributed by atoms with E-state index < -0.39 is 18.4 Å². The molecule has 0 aliphatic heterocycles. The number of hydrogen-bond acceptors (Lipinski definition) is 2. The van der Waals surface area contributed by atoms with Crippen LogP contribution in [0.3, 0.4) is 0 Å². The summed E-state index contributed by atoms with van der Waals surface area (Å²) >= 11 is 0. The van der Waals surface area contributed by atoms with E-state index in [1.165, 1.54) is 77.0 Å². The number of carboxylic acids is 2. The summed E-state index contributed by atoms with van der Waals surface area (Å²) in [7, 11) is 0. The molecular weight excluding hydrogens is 356 g/mol. The molecular formula is C21H42CaO4. The molecule has 0 radical (unpaired) electrons. The standard InChI is InChI=1S/C12H25.C6H13.C3H4O4.Ca/c1-3-5-7-9-11-12-10-8-6-4-2;1-3-5-6-4-2;4-2(5)1-3(6)7;/h1,3-12H2,2H3;1,3-6H2,2H3;1H2,(H,4,5)(H,6,7);/q2*-1;;+2. The fourth-order valence-electron chi connectivity index (χ4n) is 2.04. The summed E-state index contributed by atoms with van der Waals surface area (Å²) in [6, 6.07) is 0. The van der Waals surface area contributed by atoms with Gasteiger partial charge in [0, 0.05) is 0 Å². The van der Waals surface area contributed by atoms with Crippen LogP contribution >= 0.6 is 0 Å². The zero-order valence-corrected chi connectivity index (χ0v) is 19.6. The van der Waals surface area contributed by atoms with Crippen molar-refractivity contribution < 1.29 is 19.8 Å². The van der Waals surface area contributed by atoms with E-state index in [4.69, 9.17) is 10.2 Å². The van der Waals surface area contributed by atoms with Crippen molar-refractivity contribution in [2.75, 3.05) is 0 Å². The normalized spacial score (nSPS) is 9.08. The fraction of sp³-hybridized carbons (Fsp3) is 0.810. The van der Waals surface area contributed by atoms with E-state index in [2.05, 4.69) is 27.7 Å². The quantitative estimate of drug-likeness (QED) is 0.156. The van der Waals surface area contributed by atoms with E-state index in [1.807, 2.05) is 0 Å². The average molecular weight is 399 g/mol. The minimum absolute atomic E-state index is 0. The predicted octanol–water partition coefficient (Wildman–Crippen LogP) is 6.31. The molecule has 0 aromatic heterocycles. The van der Waals surface area contributed by atoms with Crippen molar-refractivity contribution in [3.63, 3.8) is 0 Å². The molecule has 0 fully saturated rings. The van der Waals surface area contributed by atoms with Crippen LogP contribution in [-0.4, -0.2) is 59.9 Å². The Morgan fingerprint density at radius 2 is 0.885 bits per heavy atom. The predicted molar refractivity (Wildman–Crippen MR) is 112 cm³/mol. The van der Waals surface area contributed by atoms with Crippen LogP contribution in [0.25, 0.3) is 0 Å². The summed E-state index contributed by atoms with van der Waals surface area (Å²) in [4.78, 5) is 18.9. The molecule has 0 heterocycles. The molecule has 4 nitrogen and oxygen atoms in total. The van der Waals surface area contributed by atoms with Crippen LogP contribution in [0.1, 0.15) is 110 Å². The first-order valence-corrected chi connectivity index (χ1v) is 9.98. The van der Waals surface area contributed by atoms with Crippen LogP contribution in [0.4, 0.5) is 0 Å². The molecule has 26 heavy (non-hydrogen) atoms. The number of hydrogen-bond donors (Lipinski definition) is 2. The summed E-state index contributed by atoms with van der Waals surface area (Å²) in [6.45, 7) is 12.0. The Hall–Kier alpha value is 0.200. The minimum Gasteiger partial charge on any atom is -0.481 e. The Morgan fingerprint density at radius 1 is 0.615 bits per heavy atom. The molecule has 0 saturated carbocycles. The molecule has 0 atom stereocenters. The van der Waals surface area contributed by atoms with Gasteiger partial charge in [-0.2, -0.15) is 12.8 Å². The van der Waals surface area contributed by atoms with Crippen LogP contribution in [0, 0.1) is 13.8 Å². The molecule has 0 rings (SSSR count). The van der Waals surface area contributed by atoms with Gasteiger partial charge in [0.05, 0.1) is 0 Å². The molecule has 0 aliphatic carbocycles. The third kappa shape index (κ3) is 49.6. The van der Waals surface area contributed by atoms with Gasteiger partial charge in [0.25, 0.3) is 0 Å². The number of rotatable bonds is 14. The van der Waals surface area contributed by atoms with Crippen LogP contribution in [-0.2, 0) is 9.59 Å². The SMILES string of the molecule is O=C(O)CC(=O)O.[CH2-]CCCCC.[CH2-]CCCCCCCCCCC.[Ca+2]. The van der Waals surface area contributed by atoms with E-state index >= 15 is 0 Å². The fourth-order valence-corrected chi connectivity index (χ4v) is 2.04. The van der Waals surface area contributed by atoms with Gasteiger partial charge in [-0.3, -0.25) is 9.59 Å². The van der Waals surface area contributed by atoms with Crippen LogP contribution in [0.15, 0.2) is 0 Å². The van der Waals surface area contributed by atoms with Gasteiger partial charge in [0.15, 0.2) is 0 Å². The first kappa shape index (κ1) is 33.8. The van der Waals surface area contributed by atoms with Crippen LogP contribution in [0.2, 0.25) is 0 Å². The topological polar surface area (TPSA) is 74.6 Å². The first-order chi connectivity index (χ1) is 12.0. The molecule has 0 aromatic rings. The van der Waals surface area contributed by atoms with Gasteiger partial charge < -0.3 is 24.1 Å². The third-order valence-electron chi connectivity index (χ3n) is 3.51. The van der Waals surface area contributed by atoms with Crippen molar-refractivity contribution in [2.24, 2.45) is 0 Å². The number of carbonyl (C=O) groups is 2. The van der Waals surface area contributed by atoms with Crippen molar-refractivity contribution >= 4 is 49.7 Å². The second-order valence-corrected chi connectivity index (χ2v) is 6.21. The Morgan fingerprint density at radius 3 is 1.12 bits per heavy atom. The summed E-state index contributed by atoms with van der Waals surface area (Å²) < 4.78 is 0. The van der Waals surface area contributed by atoms with Gasteiger partial charge in [-0.25, -0.2) is 0 Å². The number of carboxylic acid groups (broad SMARTS) is 2. The zero-order valence-electron chi connectivity index (χ0n) is 17.4. The Labute approximate surface area is 192 Å². The summed E-state index contributed by atoms with van der Waals surface area (Å²) in [5.74, 6) is -2.62. The van der Waals surface area contributed by atoms with E-state index in [1.54, 1.807) is 0 Å². The van der Waals surface area contributed by atoms with Crippen molar-refractivity contribution in [1.29, 1.82) is 0 Å². The average Bonchev–Trinajstić information content (AvgIpc) is 2.55. The molecule has 0 amide bonds. The smallest absolute Gasteiger partial charge is 0.481 e. The third-order valence-corrected chi connectivity index (χ3v) is 3.51. The van der Waals surface area contributed by atoms with Crippen LogP contribution < -0.4 is 0 Å². The van der Waals surface area contributed by atoms with Gasteiger partial charge in [-0.05, 0) is 0 Å². The van der Waals surface area contributed by atoms with E-state index in [-0.39, 0.29) is 37.7 Å². The Kier molecular flexibility index (Phi) is 42.6. The van der Waals surface area contributed by atoms with Gasteiger partial charge in [-0.1, -0.05) is 90.9 Å². The van der Waals surface area contributed by atoms with Crippen molar-refractivity contribution in [1.82, 2.24) is 0 Å². The molecule has 0 unspecified atom stereocenters. The molecule has 0 bridgehead atoms. The molecule has 0 aromatic carbocycles. The van der Waals surface area contributed by atoms with Crippen molar-refractivity contribution in [2.45, 2.75) is 110 Å². The molecule has 5 heteroatoms. The first-order valence-electron chi connectivity index (χ1n) is 9.98. The van der Waals surface area contributed by atoms with Gasteiger partial charge in [0.2, 0.25) is 0 Å². The largest absolute Gasteiger partial charge is 2.00 e. The maximum atomic E-state index is 9.43. The molecule has 2 N–H and O–H groups in total. The minimum atomic E-state index is -1.31. The number of aliphatic carboxylic acids is 2. The molecule has 0 spiro atoms. The van der Waals surface area contributed by atoms with E-state index in [9.17, 15) is 9.59 Å². The maximum absolute atomic E-state index is 9.43. The Balaban J connectivity index is -0.000000149. The van der Waals surface area contributed by atoms with Crippen LogP contribution in [0.5, 0.6) is 0 Å². The van der Waals surface area contributed by atoms with E-state index in [0.717, 1.165) is 12.8 Å². The van der Waals surface area contributed by atoms with E-state index in [0.29, 0.717) is 0 Å². The number of unbranched alkanes of at least 4 members (excludes halogenated alkanes) is 12. The summed E-state index contributed by atoms with van der Waals surface area (Å²) in [5.41, 5.74) is 0. The second kappa shape index (κ2) is 32.8. The Bertz CT molecular complexity index is 245. The molecule has 0 aliphatic rings. The van der Waals surface area contributed by atoms with Gasteiger partial charge >= 0.3 is 49.7 Å². The monoisotopic (exact) mass is 398 g/mol.